The molecule has 1 unspecified atom stereocenters. The second-order valence-corrected chi connectivity index (χ2v) is 4.93. The van der Waals surface area contributed by atoms with Crippen molar-refractivity contribution in [3.8, 4) is 0 Å². The second kappa shape index (κ2) is 5.45. The highest BCUT2D eigenvalue weighted by molar-refractivity contribution is 5.49. The molecular formula is C13H22O2. The van der Waals surface area contributed by atoms with Crippen molar-refractivity contribution in [2.24, 2.45) is 5.92 Å². The molecule has 0 bridgehead atoms. The number of rotatable bonds is 7. The highest BCUT2D eigenvalue weighted by Gasteiger charge is 2.38. The van der Waals surface area contributed by atoms with Gasteiger partial charge in [-0.3, -0.25) is 0 Å². The van der Waals surface area contributed by atoms with Gasteiger partial charge in [0.2, 0.25) is 0 Å². The first kappa shape index (κ1) is 12.4. The Morgan fingerprint density at radius 2 is 2.13 bits per heavy atom. The van der Waals surface area contributed by atoms with Crippen LogP contribution in [-0.2, 0) is 4.79 Å². The molecule has 0 aliphatic heterocycles. The summed E-state index contributed by atoms with van der Waals surface area (Å²) in [5.41, 5.74) is 0.787. The van der Waals surface area contributed by atoms with E-state index in [0.717, 1.165) is 25.5 Å². The van der Waals surface area contributed by atoms with E-state index in [-0.39, 0.29) is 0 Å². The van der Waals surface area contributed by atoms with Gasteiger partial charge in [0.05, 0.1) is 5.60 Å². The molecule has 1 fully saturated rings. The van der Waals surface area contributed by atoms with Crippen LogP contribution in [0, 0.1) is 5.92 Å². The zero-order chi connectivity index (χ0) is 11.3. The Labute approximate surface area is 92.4 Å². The molecule has 2 nitrogen and oxygen atoms in total. The van der Waals surface area contributed by atoms with Crippen LogP contribution in [-0.4, -0.2) is 17.0 Å². The van der Waals surface area contributed by atoms with Crippen LogP contribution in [0.3, 0.4) is 0 Å². The molecule has 0 aromatic rings. The summed E-state index contributed by atoms with van der Waals surface area (Å²) >= 11 is 0. The Bertz CT molecular complexity index is 237. The molecule has 0 aromatic heterocycles. The van der Waals surface area contributed by atoms with E-state index in [9.17, 15) is 9.90 Å². The van der Waals surface area contributed by atoms with Crippen LogP contribution < -0.4 is 0 Å². The third-order valence-electron chi connectivity index (χ3n) is 3.26. The average molecular weight is 210 g/mol. The minimum absolute atomic E-state index is 0.471. The van der Waals surface area contributed by atoms with Crippen molar-refractivity contribution >= 4 is 6.29 Å². The minimum Gasteiger partial charge on any atom is -0.390 e. The fraction of sp³-hybridized carbons (Fsp3) is 0.769. The summed E-state index contributed by atoms with van der Waals surface area (Å²) in [7, 11) is 0. The average Bonchev–Trinajstić information content (AvgIpc) is 2.97. The summed E-state index contributed by atoms with van der Waals surface area (Å²) in [4.78, 5) is 10.2. The predicted molar refractivity (Wildman–Crippen MR) is 61.6 cm³/mol. The number of carbonyl (C=O) groups excluding carboxylic acids is 1. The van der Waals surface area contributed by atoms with Gasteiger partial charge in [0.1, 0.15) is 6.29 Å². The molecule has 0 spiro atoms. The summed E-state index contributed by atoms with van der Waals surface area (Å²) in [5.74, 6) is 0.529. The lowest BCUT2D eigenvalue weighted by Gasteiger charge is -2.22. The van der Waals surface area contributed by atoms with Crippen molar-refractivity contribution in [2.45, 2.75) is 58.0 Å². The van der Waals surface area contributed by atoms with Crippen LogP contribution in [0.15, 0.2) is 11.6 Å². The molecule has 1 rings (SSSR count). The maximum Gasteiger partial charge on any atom is 0.120 e. The molecule has 0 heterocycles. The van der Waals surface area contributed by atoms with Gasteiger partial charge in [0, 0.05) is 6.42 Å². The Morgan fingerprint density at radius 1 is 1.47 bits per heavy atom. The summed E-state index contributed by atoms with van der Waals surface area (Å²) in [5, 5.41) is 10.1. The zero-order valence-electron chi connectivity index (χ0n) is 9.83. The lowest BCUT2D eigenvalue weighted by atomic mass is 9.94. The molecule has 0 amide bonds. The van der Waals surface area contributed by atoms with Crippen LogP contribution in [0.25, 0.3) is 0 Å². The molecule has 0 radical (unpaired) electrons. The van der Waals surface area contributed by atoms with E-state index in [4.69, 9.17) is 0 Å². The van der Waals surface area contributed by atoms with Crippen LogP contribution in [0.5, 0.6) is 0 Å². The van der Waals surface area contributed by atoms with Gasteiger partial charge in [-0.15, -0.1) is 0 Å². The number of aldehydes is 1. The maximum atomic E-state index is 10.2. The Morgan fingerprint density at radius 3 is 2.67 bits per heavy atom. The number of hydrogen-bond acceptors (Lipinski definition) is 2. The van der Waals surface area contributed by atoms with E-state index in [1.807, 2.05) is 6.92 Å². The number of allylic oxidation sites excluding steroid dienone is 2. The standard InChI is InChI=1S/C13H22O2/c1-11(6-4-10-14)5-3-9-13(2,15)12-7-8-12/h5,10,12,15H,3-4,6-9H2,1-2H3/b11-5-. The van der Waals surface area contributed by atoms with Crippen molar-refractivity contribution < 1.29 is 9.90 Å². The SMILES string of the molecule is C/C(=C/CCC(C)(O)C1CC1)CCC=O. The van der Waals surface area contributed by atoms with E-state index >= 15 is 0 Å². The van der Waals surface area contributed by atoms with Crippen molar-refractivity contribution in [1.29, 1.82) is 0 Å². The fourth-order valence-electron chi connectivity index (χ4n) is 1.91. The van der Waals surface area contributed by atoms with Gasteiger partial charge in [0.25, 0.3) is 0 Å². The van der Waals surface area contributed by atoms with E-state index in [1.165, 1.54) is 18.4 Å². The van der Waals surface area contributed by atoms with Gasteiger partial charge in [-0.05, 0) is 51.9 Å². The van der Waals surface area contributed by atoms with Crippen LogP contribution in [0.4, 0.5) is 0 Å². The fourth-order valence-corrected chi connectivity index (χ4v) is 1.91. The van der Waals surface area contributed by atoms with Gasteiger partial charge < -0.3 is 9.90 Å². The zero-order valence-corrected chi connectivity index (χ0v) is 9.83. The van der Waals surface area contributed by atoms with Crippen molar-refractivity contribution in [3.05, 3.63) is 11.6 Å². The predicted octanol–water partition coefficient (Wildman–Crippen LogP) is 2.85. The Hall–Kier alpha value is -0.630. The van der Waals surface area contributed by atoms with Gasteiger partial charge in [-0.2, -0.15) is 0 Å². The smallest absolute Gasteiger partial charge is 0.120 e. The molecule has 86 valence electrons. The third-order valence-corrected chi connectivity index (χ3v) is 3.26. The lowest BCUT2D eigenvalue weighted by molar-refractivity contribution is -0.107. The van der Waals surface area contributed by atoms with E-state index in [2.05, 4.69) is 13.0 Å². The molecule has 1 aliphatic rings. The highest BCUT2D eigenvalue weighted by atomic mass is 16.3. The normalized spacial score (nSPS) is 21.1. The lowest BCUT2D eigenvalue weighted by Crippen LogP contribution is -2.26. The molecule has 0 aromatic carbocycles. The number of hydrogen-bond donors (Lipinski definition) is 1. The molecule has 1 aliphatic carbocycles. The summed E-state index contributed by atoms with van der Waals surface area (Å²) in [6, 6.07) is 0. The van der Waals surface area contributed by atoms with Gasteiger partial charge in [0.15, 0.2) is 0 Å². The van der Waals surface area contributed by atoms with Gasteiger partial charge >= 0.3 is 0 Å². The molecule has 1 saturated carbocycles. The quantitative estimate of drug-likeness (QED) is 0.518. The highest BCUT2D eigenvalue weighted by Crippen LogP contribution is 2.41. The summed E-state index contributed by atoms with van der Waals surface area (Å²) in [6.07, 6.45) is 8.71. The Kier molecular flexibility index (Phi) is 4.52. The van der Waals surface area contributed by atoms with Crippen LogP contribution in [0.1, 0.15) is 52.4 Å². The molecule has 0 saturated heterocycles. The molecular weight excluding hydrogens is 188 g/mol. The van der Waals surface area contributed by atoms with Gasteiger partial charge in [-0.1, -0.05) is 11.6 Å². The first-order valence-corrected chi connectivity index (χ1v) is 5.88. The van der Waals surface area contributed by atoms with Crippen molar-refractivity contribution in [2.75, 3.05) is 0 Å². The maximum absolute atomic E-state index is 10.2. The molecule has 15 heavy (non-hydrogen) atoms. The molecule has 2 heteroatoms. The topological polar surface area (TPSA) is 37.3 Å². The van der Waals surface area contributed by atoms with E-state index < -0.39 is 5.60 Å². The first-order valence-electron chi connectivity index (χ1n) is 5.88. The van der Waals surface area contributed by atoms with E-state index in [0.29, 0.717) is 12.3 Å². The second-order valence-electron chi connectivity index (χ2n) is 4.93. The van der Waals surface area contributed by atoms with Crippen LogP contribution in [0.2, 0.25) is 0 Å². The van der Waals surface area contributed by atoms with Crippen LogP contribution >= 0.6 is 0 Å². The number of aliphatic hydroxyl groups is 1. The monoisotopic (exact) mass is 210 g/mol. The summed E-state index contributed by atoms with van der Waals surface area (Å²) in [6.45, 7) is 3.99. The largest absolute Gasteiger partial charge is 0.390 e. The van der Waals surface area contributed by atoms with Crippen molar-refractivity contribution in [3.63, 3.8) is 0 Å². The Balaban J connectivity index is 2.21. The third kappa shape index (κ3) is 4.61. The minimum atomic E-state index is -0.471. The molecule has 1 atom stereocenters. The van der Waals surface area contributed by atoms with Gasteiger partial charge in [-0.25, -0.2) is 0 Å². The van der Waals surface area contributed by atoms with E-state index in [1.54, 1.807) is 0 Å². The first-order chi connectivity index (χ1) is 7.06. The molecule has 1 N–H and O–H groups in total. The number of carbonyl (C=O) groups is 1. The summed E-state index contributed by atoms with van der Waals surface area (Å²) < 4.78 is 0. The van der Waals surface area contributed by atoms with Crippen molar-refractivity contribution in [1.82, 2.24) is 0 Å².